The Morgan fingerprint density at radius 3 is 2.39 bits per heavy atom. The van der Waals surface area contributed by atoms with Crippen molar-refractivity contribution < 1.29 is 14.2 Å². The van der Waals surface area contributed by atoms with Gasteiger partial charge in [-0.1, -0.05) is 0 Å². The molecule has 23 heavy (non-hydrogen) atoms. The Morgan fingerprint density at radius 1 is 0.957 bits per heavy atom. The maximum Gasteiger partial charge on any atom is 0.204 e. The standard InChI is InChI=1S/C17H21N3O3/c1-18-16-10-6-5-7-12(10)19-17(20-16)11-8-9-13(21-2)15(23-4)14(11)22-3/h8-9H,5-7H2,1-4H3,(H,18,19,20). The zero-order valence-corrected chi connectivity index (χ0v) is 13.9. The van der Waals surface area contributed by atoms with Crippen molar-refractivity contribution in [2.75, 3.05) is 33.7 Å². The molecule has 1 aromatic carbocycles. The van der Waals surface area contributed by atoms with Gasteiger partial charge in [0.25, 0.3) is 0 Å². The van der Waals surface area contributed by atoms with Gasteiger partial charge in [0.05, 0.1) is 26.9 Å². The van der Waals surface area contributed by atoms with E-state index in [1.54, 1.807) is 21.3 Å². The van der Waals surface area contributed by atoms with Crippen molar-refractivity contribution >= 4 is 5.82 Å². The molecule has 3 rings (SSSR count). The Hall–Kier alpha value is -2.50. The van der Waals surface area contributed by atoms with Crippen LogP contribution in [-0.2, 0) is 12.8 Å². The Balaban J connectivity index is 2.19. The van der Waals surface area contributed by atoms with E-state index >= 15 is 0 Å². The lowest BCUT2D eigenvalue weighted by molar-refractivity contribution is 0.325. The molecule has 1 aliphatic rings. The van der Waals surface area contributed by atoms with E-state index in [0.717, 1.165) is 36.3 Å². The molecule has 6 heteroatoms. The number of benzene rings is 1. The summed E-state index contributed by atoms with van der Waals surface area (Å²) in [6.45, 7) is 0. The number of nitrogens with one attached hydrogen (secondary N) is 1. The third kappa shape index (κ3) is 2.54. The zero-order valence-electron chi connectivity index (χ0n) is 13.9. The summed E-state index contributed by atoms with van der Waals surface area (Å²) in [4.78, 5) is 9.42. The fourth-order valence-corrected chi connectivity index (χ4v) is 3.04. The summed E-state index contributed by atoms with van der Waals surface area (Å²) in [6, 6.07) is 3.74. The summed E-state index contributed by atoms with van der Waals surface area (Å²) in [5, 5.41) is 3.18. The van der Waals surface area contributed by atoms with Crippen LogP contribution in [0.4, 0.5) is 5.82 Å². The molecule has 0 atom stereocenters. The normalized spacial score (nSPS) is 12.7. The second kappa shape index (κ2) is 6.32. The van der Waals surface area contributed by atoms with Gasteiger partial charge in [-0.3, -0.25) is 0 Å². The fraction of sp³-hybridized carbons (Fsp3) is 0.412. The first-order valence-electron chi connectivity index (χ1n) is 7.60. The molecule has 0 bridgehead atoms. The van der Waals surface area contributed by atoms with Crippen molar-refractivity contribution in [3.05, 3.63) is 23.4 Å². The molecule has 2 aromatic rings. The molecule has 1 heterocycles. The number of aromatic nitrogens is 2. The molecule has 0 unspecified atom stereocenters. The third-order valence-electron chi connectivity index (χ3n) is 4.12. The molecule has 0 saturated heterocycles. The van der Waals surface area contributed by atoms with Gasteiger partial charge in [0.2, 0.25) is 5.75 Å². The number of hydrogen-bond acceptors (Lipinski definition) is 6. The van der Waals surface area contributed by atoms with Crippen LogP contribution in [0.5, 0.6) is 17.2 Å². The van der Waals surface area contributed by atoms with Gasteiger partial charge in [0.1, 0.15) is 5.82 Å². The van der Waals surface area contributed by atoms with Crippen molar-refractivity contribution in [2.45, 2.75) is 19.3 Å². The van der Waals surface area contributed by atoms with Crippen molar-refractivity contribution in [2.24, 2.45) is 0 Å². The molecule has 0 aliphatic heterocycles. The highest BCUT2D eigenvalue weighted by molar-refractivity contribution is 5.73. The highest BCUT2D eigenvalue weighted by atomic mass is 16.5. The number of nitrogens with zero attached hydrogens (tertiary/aromatic N) is 2. The van der Waals surface area contributed by atoms with Gasteiger partial charge in [0.15, 0.2) is 17.3 Å². The number of rotatable bonds is 5. The van der Waals surface area contributed by atoms with E-state index in [1.165, 1.54) is 5.56 Å². The van der Waals surface area contributed by atoms with Crippen LogP contribution >= 0.6 is 0 Å². The van der Waals surface area contributed by atoms with Gasteiger partial charge in [-0.25, -0.2) is 9.97 Å². The lowest BCUT2D eigenvalue weighted by Gasteiger charge is -2.16. The smallest absolute Gasteiger partial charge is 0.204 e. The monoisotopic (exact) mass is 315 g/mol. The maximum atomic E-state index is 5.55. The van der Waals surface area contributed by atoms with E-state index in [-0.39, 0.29) is 0 Å². The minimum absolute atomic E-state index is 0.544. The molecule has 0 saturated carbocycles. The van der Waals surface area contributed by atoms with Crippen molar-refractivity contribution in [1.29, 1.82) is 0 Å². The van der Waals surface area contributed by atoms with Crippen LogP contribution in [-0.4, -0.2) is 38.3 Å². The van der Waals surface area contributed by atoms with Gasteiger partial charge in [0, 0.05) is 18.3 Å². The van der Waals surface area contributed by atoms with E-state index < -0.39 is 0 Å². The van der Waals surface area contributed by atoms with E-state index in [4.69, 9.17) is 19.2 Å². The predicted molar refractivity (Wildman–Crippen MR) is 88.7 cm³/mol. The van der Waals surface area contributed by atoms with Gasteiger partial charge in [-0.2, -0.15) is 0 Å². The summed E-state index contributed by atoms with van der Waals surface area (Å²) in [5.74, 6) is 3.25. The van der Waals surface area contributed by atoms with Crippen molar-refractivity contribution in [3.8, 4) is 28.6 Å². The SMILES string of the molecule is CNc1nc(-c2ccc(OC)c(OC)c2OC)nc2c1CCC2. The molecule has 0 amide bonds. The van der Waals surface area contributed by atoms with E-state index in [9.17, 15) is 0 Å². The lowest BCUT2D eigenvalue weighted by Crippen LogP contribution is -2.05. The fourth-order valence-electron chi connectivity index (χ4n) is 3.04. The molecule has 0 radical (unpaired) electrons. The van der Waals surface area contributed by atoms with Gasteiger partial charge < -0.3 is 19.5 Å². The van der Waals surface area contributed by atoms with Crippen LogP contribution in [0.3, 0.4) is 0 Å². The Bertz CT molecular complexity index is 732. The summed E-state index contributed by atoms with van der Waals surface area (Å²) in [7, 11) is 6.68. The molecule has 1 aliphatic carbocycles. The molecular weight excluding hydrogens is 294 g/mol. The Kier molecular flexibility index (Phi) is 4.23. The number of aryl methyl sites for hydroxylation is 1. The minimum Gasteiger partial charge on any atom is -0.493 e. The second-order valence-electron chi connectivity index (χ2n) is 5.31. The van der Waals surface area contributed by atoms with Crippen molar-refractivity contribution in [3.63, 3.8) is 0 Å². The largest absolute Gasteiger partial charge is 0.493 e. The molecule has 1 N–H and O–H groups in total. The van der Waals surface area contributed by atoms with Crippen LogP contribution in [0, 0.1) is 0 Å². The van der Waals surface area contributed by atoms with Gasteiger partial charge in [-0.05, 0) is 31.4 Å². The molecule has 0 fully saturated rings. The zero-order chi connectivity index (χ0) is 16.4. The van der Waals surface area contributed by atoms with Crippen LogP contribution in [0.25, 0.3) is 11.4 Å². The Labute approximate surface area is 135 Å². The first-order valence-corrected chi connectivity index (χ1v) is 7.60. The van der Waals surface area contributed by atoms with Gasteiger partial charge >= 0.3 is 0 Å². The van der Waals surface area contributed by atoms with E-state index in [0.29, 0.717) is 23.1 Å². The average Bonchev–Trinajstić information content (AvgIpc) is 3.07. The minimum atomic E-state index is 0.544. The number of hydrogen-bond donors (Lipinski definition) is 1. The van der Waals surface area contributed by atoms with Crippen LogP contribution in [0.2, 0.25) is 0 Å². The quantitative estimate of drug-likeness (QED) is 0.915. The van der Waals surface area contributed by atoms with Gasteiger partial charge in [-0.15, -0.1) is 0 Å². The lowest BCUT2D eigenvalue weighted by atomic mass is 10.1. The predicted octanol–water partition coefficient (Wildman–Crippen LogP) is 2.70. The van der Waals surface area contributed by atoms with Crippen molar-refractivity contribution in [1.82, 2.24) is 9.97 Å². The molecular formula is C17H21N3O3. The summed E-state index contributed by atoms with van der Waals surface area (Å²) in [5.41, 5.74) is 3.11. The molecule has 1 aromatic heterocycles. The summed E-state index contributed by atoms with van der Waals surface area (Å²) < 4.78 is 16.3. The first-order chi connectivity index (χ1) is 11.2. The number of ether oxygens (including phenoxy) is 3. The van der Waals surface area contributed by atoms with E-state index in [2.05, 4.69) is 10.3 Å². The van der Waals surface area contributed by atoms with Crippen LogP contribution in [0.15, 0.2) is 12.1 Å². The Morgan fingerprint density at radius 2 is 1.74 bits per heavy atom. The number of fused-ring (bicyclic) bond motifs is 1. The average molecular weight is 315 g/mol. The second-order valence-corrected chi connectivity index (χ2v) is 5.31. The highest BCUT2D eigenvalue weighted by Crippen LogP contribution is 2.44. The first kappa shape index (κ1) is 15.4. The van der Waals surface area contributed by atoms with Crippen LogP contribution < -0.4 is 19.5 Å². The third-order valence-corrected chi connectivity index (χ3v) is 4.12. The number of anilines is 1. The topological polar surface area (TPSA) is 65.5 Å². The molecule has 0 spiro atoms. The number of methoxy groups -OCH3 is 3. The van der Waals surface area contributed by atoms with Crippen LogP contribution in [0.1, 0.15) is 17.7 Å². The molecule has 122 valence electrons. The summed E-state index contributed by atoms with van der Waals surface area (Å²) >= 11 is 0. The molecule has 6 nitrogen and oxygen atoms in total. The maximum absolute atomic E-state index is 5.55. The summed E-state index contributed by atoms with van der Waals surface area (Å²) in [6.07, 6.45) is 3.12. The van der Waals surface area contributed by atoms with E-state index in [1.807, 2.05) is 19.2 Å². The highest BCUT2D eigenvalue weighted by Gasteiger charge is 2.23.